The first-order valence-corrected chi connectivity index (χ1v) is 3.89. The van der Waals surface area contributed by atoms with Crippen LogP contribution in [0.4, 0.5) is 8.78 Å². The van der Waals surface area contributed by atoms with Gasteiger partial charge in [-0.05, 0) is 17.7 Å². The quantitative estimate of drug-likeness (QED) is 0.442. The topological polar surface area (TPSA) is 52.4 Å². The molecule has 80 valence electrons. The molecule has 0 unspecified atom stereocenters. The predicted octanol–water partition coefficient (Wildman–Crippen LogP) is 2.38. The molecule has 0 aliphatic heterocycles. The molecule has 0 fully saturated rings. The fourth-order valence-electron chi connectivity index (χ4n) is 0.963. The summed E-state index contributed by atoms with van der Waals surface area (Å²) in [6.45, 7) is 0. The number of rotatable bonds is 3. The van der Waals surface area contributed by atoms with E-state index >= 15 is 0 Å². The van der Waals surface area contributed by atoms with Gasteiger partial charge in [-0.3, -0.25) is 10.1 Å². The highest BCUT2D eigenvalue weighted by atomic mass is 19.1. The van der Waals surface area contributed by atoms with Gasteiger partial charge in [-0.1, -0.05) is 6.07 Å². The van der Waals surface area contributed by atoms with Crippen LogP contribution in [0.2, 0.25) is 0 Å². The minimum atomic E-state index is -1.54. The van der Waals surface area contributed by atoms with E-state index in [0.29, 0.717) is 6.08 Å². The zero-order chi connectivity index (χ0) is 11.4. The Morgan fingerprint density at radius 1 is 1.60 bits per heavy atom. The van der Waals surface area contributed by atoms with Crippen molar-refractivity contribution in [3.63, 3.8) is 0 Å². The Bertz CT molecular complexity index is 418. The fraction of sp³-hybridized carbons (Fsp3) is 0.111. The summed E-state index contributed by atoms with van der Waals surface area (Å²) in [5.74, 6) is -2.25. The van der Waals surface area contributed by atoms with Crippen molar-refractivity contribution in [1.82, 2.24) is 0 Å². The van der Waals surface area contributed by atoms with Crippen molar-refractivity contribution in [2.45, 2.75) is 0 Å². The van der Waals surface area contributed by atoms with Crippen molar-refractivity contribution in [2.75, 3.05) is 7.11 Å². The maximum Gasteiger partial charge on any atom is 0.419 e. The van der Waals surface area contributed by atoms with Crippen LogP contribution in [0.15, 0.2) is 24.1 Å². The Hall–Kier alpha value is -1.98. The molecule has 1 aromatic carbocycles. The summed E-state index contributed by atoms with van der Waals surface area (Å²) in [5, 5.41) is 9.96. The molecule has 1 aromatic rings. The summed E-state index contributed by atoms with van der Waals surface area (Å²) in [6.07, 6.45) is 0.628. The minimum absolute atomic E-state index is 0.00587. The average molecular weight is 215 g/mol. The lowest BCUT2D eigenvalue weighted by molar-refractivity contribution is -0.445. The van der Waals surface area contributed by atoms with E-state index in [1.165, 1.54) is 19.2 Å². The van der Waals surface area contributed by atoms with Gasteiger partial charge in [0.25, 0.3) is 0 Å². The lowest BCUT2D eigenvalue weighted by atomic mass is 10.2. The van der Waals surface area contributed by atoms with E-state index in [0.717, 1.165) is 6.07 Å². The first-order chi connectivity index (χ1) is 7.04. The third-order valence-electron chi connectivity index (χ3n) is 1.64. The van der Waals surface area contributed by atoms with Gasteiger partial charge in [-0.25, -0.2) is 4.39 Å². The van der Waals surface area contributed by atoms with Crippen molar-refractivity contribution < 1.29 is 18.4 Å². The Kier molecular flexibility index (Phi) is 3.33. The highest BCUT2D eigenvalue weighted by Gasteiger charge is 2.09. The van der Waals surface area contributed by atoms with E-state index in [1.807, 2.05) is 0 Å². The number of halogens is 2. The van der Waals surface area contributed by atoms with Crippen LogP contribution in [0.1, 0.15) is 5.56 Å². The van der Waals surface area contributed by atoms with Crippen LogP contribution in [0.3, 0.4) is 0 Å². The summed E-state index contributed by atoms with van der Waals surface area (Å²) in [6, 6.07) is 3.52. The number of benzene rings is 1. The molecule has 0 aliphatic rings. The third-order valence-corrected chi connectivity index (χ3v) is 1.64. The van der Waals surface area contributed by atoms with Crippen molar-refractivity contribution in [3.05, 3.63) is 45.6 Å². The van der Waals surface area contributed by atoms with Gasteiger partial charge in [0.1, 0.15) is 0 Å². The number of ether oxygens (including phenoxy) is 1. The molecule has 0 amide bonds. The Balaban J connectivity index is 3.03. The van der Waals surface area contributed by atoms with Crippen molar-refractivity contribution >= 4 is 6.08 Å². The zero-order valence-corrected chi connectivity index (χ0v) is 7.74. The predicted molar refractivity (Wildman–Crippen MR) is 49.0 cm³/mol. The standard InChI is InChI=1S/C9H7F2NO3/c1-15-8-3-2-6(4-7(8)10)5-9(11)12(13)14/h2-5H,1H3. The number of methoxy groups -OCH3 is 1. The van der Waals surface area contributed by atoms with E-state index in [2.05, 4.69) is 4.74 Å². The SMILES string of the molecule is COc1ccc(C=C(F)[N+](=O)[O-])cc1F. The maximum atomic E-state index is 13.1. The summed E-state index contributed by atoms with van der Waals surface area (Å²) in [5.41, 5.74) is 0.0579. The van der Waals surface area contributed by atoms with E-state index in [9.17, 15) is 18.9 Å². The van der Waals surface area contributed by atoms with Crippen LogP contribution in [-0.4, -0.2) is 12.0 Å². The molecular formula is C9H7F2NO3. The monoisotopic (exact) mass is 215 g/mol. The first kappa shape index (κ1) is 11.1. The van der Waals surface area contributed by atoms with E-state index in [1.54, 1.807) is 0 Å². The van der Waals surface area contributed by atoms with Crippen LogP contribution in [-0.2, 0) is 0 Å². The van der Waals surface area contributed by atoms with Gasteiger partial charge in [0.2, 0.25) is 0 Å². The van der Waals surface area contributed by atoms with Gasteiger partial charge in [0.05, 0.1) is 18.1 Å². The van der Waals surface area contributed by atoms with Crippen LogP contribution in [0.25, 0.3) is 6.08 Å². The van der Waals surface area contributed by atoms with Crippen molar-refractivity contribution in [2.24, 2.45) is 0 Å². The Morgan fingerprint density at radius 2 is 2.27 bits per heavy atom. The van der Waals surface area contributed by atoms with Crippen LogP contribution >= 0.6 is 0 Å². The molecule has 0 heterocycles. The minimum Gasteiger partial charge on any atom is -0.494 e. The summed E-state index contributed by atoms with van der Waals surface area (Å²) in [7, 11) is 1.28. The fourth-order valence-corrected chi connectivity index (χ4v) is 0.963. The van der Waals surface area contributed by atoms with Crippen LogP contribution in [0.5, 0.6) is 5.75 Å². The molecule has 1 rings (SSSR count). The van der Waals surface area contributed by atoms with Crippen molar-refractivity contribution in [1.29, 1.82) is 0 Å². The van der Waals surface area contributed by atoms with E-state index in [4.69, 9.17) is 0 Å². The average Bonchev–Trinajstić information content (AvgIpc) is 2.18. The van der Waals surface area contributed by atoms with Gasteiger partial charge in [-0.15, -0.1) is 4.39 Å². The van der Waals surface area contributed by atoms with Gasteiger partial charge in [-0.2, -0.15) is 0 Å². The lowest BCUT2D eigenvalue weighted by Gasteiger charge is -2.01. The summed E-state index contributed by atoms with van der Waals surface area (Å²) >= 11 is 0. The smallest absolute Gasteiger partial charge is 0.419 e. The van der Waals surface area contributed by atoms with Crippen LogP contribution < -0.4 is 4.74 Å². The van der Waals surface area contributed by atoms with Gasteiger partial charge in [0, 0.05) is 0 Å². The molecule has 0 radical (unpaired) electrons. The molecule has 0 saturated carbocycles. The molecule has 6 heteroatoms. The second-order valence-corrected chi connectivity index (χ2v) is 2.62. The largest absolute Gasteiger partial charge is 0.494 e. The lowest BCUT2D eigenvalue weighted by Crippen LogP contribution is -1.92. The summed E-state index contributed by atoms with van der Waals surface area (Å²) in [4.78, 5) is 8.76. The van der Waals surface area contributed by atoms with E-state index < -0.39 is 16.7 Å². The Labute approximate surface area is 83.9 Å². The second kappa shape index (κ2) is 4.50. The van der Waals surface area contributed by atoms with Gasteiger partial charge in [0.15, 0.2) is 11.6 Å². The molecule has 0 bridgehead atoms. The molecule has 0 saturated heterocycles. The van der Waals surface area contributed by atoms with Crippen molar-refractivity contribution in [3.8, 4) is 5.75 Å². The number of nitro groups is 1. The van der Waals surface area contributed by atoms with Gasteiger partial charge < -0.3 is 4.74 Å². The van der Waals surface area contributed by atoms with E-state index in [-0.39, 0.29) is 11.3 Å². The molecule has 0 aromatic heterocycles. The molecule has 15 heavy (non-hydrogen) atoms. The molecule has 0 aliphatic carbocycles. The third kappa shape index (κ3) is 2.73. The first-order valence-electron chi connectivity index (χ1n) is 3.89. The molecule has 0 spiro atoms. The molecule has 0 atom stereocenters. The summed E-state index contributed by atoms with van der Waals surface area (Å²) < 4.78 is 30.2. The number of nitrogens with zero attached hydrogens (tertiary/aromatic N) is 1. The highest BCUT2D eigenvalue weighted by Crippen LogP contribution is 2.19. The number of hydrogen-bond acceptors (Lipinski definition) is 3. The molecular weight excluding hydrogens is 208 g/mol. The highest BCUT2D eigenvalue weighted by molar-refractivity contribution is 5.51. The molecule has 0 N–H and O–H groups in total. The molecule has 4 nitrogen and oxygen atoms in total. The maximum absolute atomic E-state index is 13.1. The number of hydrogen-bond donors (Lipinski definition) is 0. The Morgan fingerprint density at radius 3 is 2.73 bits per heavy atom. The zero-order valence-electron chi connectivity index (χ0n) is 7.74. The van der Waals surface area contributed by atoms with Crippen LogP contribution in [0, 0.1) is 15.9 Å². The van der Waals surface area contributed by atoms with Gasteiger partial charge >= 0.3 is 5.95 Å². The second-order valence-electron chi connectivity index (χ2n) is 2.62. The normalized spacial score (nSPS) is 11.3.